The van der Waals surface area contributed by atoms with Crippen LogP contribution >= 0.6 is 0 Å². The van der Waals surface area contributed by atoms with E-state index in [1.165, 1.54) is 0 Å². The van der Waals surface area contributed by atoms with E-state index < -0.39 is 0 Å². The Bertz CT molecular complexity index is 570. The van der Waals surface area contributed by atoms with Gasteiger partial charge in [0.05, 0.1) is 6.61 Å². The Morgan fingerprint density at radius 2 is 2.09 bits per heavy atom. The van der Waals surface area contributed by atoms with Crippen molar-refractivity contribution in [1.82, 2.24) is 15.0 Å². The van der Waals surface area contributed by atoms with Gasteiger partial charge in [0, 0.05) is 31.2 Å². The molecule has 1 aliphatic heterocycles. The lowest BCUT2D eigenvalue weighted by atomic mass is 10.2. The first-order valence-electron chi connectivity index (χ1n) is 8.03. The highest BCUT2D eigenvalue weighted by atomic mass is 16.5. The molecule has 1 saturated heterocycles. The van der Waals surface area contributed by atoms with E-state index in [0.717, 1.165) is 57.0 Å². The summed E-state index contributed by atoms with van der Waals surface area (Å²) in [5.41, 5.74) is 0.996. The highest BCUT2D eigenvalue weighted by Gasteiger charge is 2.17. The number of hydrogen-bond acceptors (Lipinski definition) is 5. The fourth-order valence-electron chi connectivity index (χ4n) is 2.77. The molecule has 0 bridgehead atoms. The zero-order valence-corrected chi connectivity index (χ0v) is 13.1. The minimum absolute atomic E-state index is 0.588. The summed E-state index contributed by atoms with van der Waals surface area (Å²) in [4.78, 5) is 6.97. The fourth-order valence-corrected chi connectivity index (χ4v) is 2.77. The van der Waals surface area contributed by atoms with Crippen LogP contribution < -0.4 is 0 Å². The van der Waals surface area contributed by atoms with Crippen LogP contribution in [-0.2, 0) is 11.2 Å². The number of rotatable bonds is 5. The van der Waals surface area contributed by atoms with Gasteiger partial charge in [-0.3, -0.25) is 4.90 Å². The molecule has 0 amide bonds. The van der Waals surface area contributed by atoms with Gasteiger partial charge in [-0.25, -0.2) is 0 Å². The molecule has 3 rings (SSSR count). The highest BCUT2D eigenvalue weighted by molar-refractivity contribution is 5.53. The summed E-state index contributed by atoms with van der Waals surface area (Å²) in [6.45, 7) is 6.05. The zero-order valence-electron chi connectivity index (χ0n) is 13.1. The molecular weight excluding hydrogens is 278 g/mol. The lowest BCUT2D eigenvalue weighted by Gasteiger charge is -2.25. The van der Waals surface area contributed by atoms with Crippen molar-refractivity contribution in [3.63, 3.8) is 0 Å². The summed E-state index contributed by atoms with van der Waals surface area (Å²) >= 11 is 0. The molecule has 5 heteroatoms. The molecule has 0 aliphatic carbocycles. The molecule has 1 atom stereocenters. The molecule has 118 valence electrons. The van der Waals surface area contributed by atoms with E-state index >= 15 is 0 Å². The third-order valence-corrected chi connectivity index (χ3v) is 4.16. The van der Waals surface area contributed by atoms with Gasteiger partial charge in [-0.2, -0.15) is 4.98 Å². The Morgan fingerprint density at radius 3 is 2.95 bits per heavy atom. The second-order valence-electron chi connectivity index (χ2n) is 5.77. The van der Waals surface area contributed by atoms with E-state index in [4.69, 9.17) is 9.26 Å². The van der Waals surface area contributed by atoms with Gasteiger partial charge < -0.3 is 9.26 Å². The zero-order chi connectivity index (χ0) is 15.2. The monoisotopic (exact) mass is 301 g/mol. The summed E-state index contributed by atoms with van der Waals surface area (Å²) in [6, 6.07) is 10.5. The second-order valence-corrected chi connectivity index (χ2v) is 5.77. The van der Waals surface area contributed by atoms with Crippen LogP contribution in [0.5, 0.6) is 0 Å². The number of nitrogens with zero attached hydrogens (tertiary/aromatic N) is 3. The summed E-state index contributed by atoms with van der Waals surface area (Å²) < 4.78 is 10.9. The van der Waals surface area contributed by atoms with Crippen LogP contribution in [0.3, 0.4) is 0 Å². The fraction of sp³-hybridized carbons (Fsp3) is 0.529. The van der Waals surface area contributed by atoms with Gasteiger partial charge in [0.2, 0.25) is 11.7 Å². The van der Waals surface area contributed by atoms with Gasteiger partial charge in [-0.05, 0) is 26.3 Å². The van der Waals surface area contributed by atoms with E-state index in [0.29, 0.717) is 11.9 Å². The van der Waals surface area contributed by atoms with Crippen molar-refractivity contribution in [1.29, 1.82) is 0 Å². The van der Waals surface area contributed by atoms with Gasteiger partial charge in [-0.1, -0.05) is 35.5 Å². The molecule has 22 heavy (non-hydrogen) atoms. The number of ether oxygens (including phenoxy) is 1. The summed E-state index contributed by atoms with van der Waals surface area (Å²) in [6.07, 6.45) is 2.96. The lowest BCUT2D eigenvalue weighted by Crippen LogP contribution is -2.34. The molecule has 5 nitrogen and oxygen atoms in total. The molecule has 1 aromatic heterocycles. The van der Waals surface area contributed by atoms with Gasteiger partial charge in [0.25, 0.3) is 0 Å². The van der Waals surface area contributed by atoms with E-state index in [9.17, 15) is 0 Å². The van der Waals surface area contributed by atoms with Crippen molar-refractivity contribution in [2.45, 2.75) is 32.2 Å². The van der Waals surface area contributed by atoms with Crippen LogP contribution in [0.4, 0.5) is 0 Å². The number of hydrogen-bond donors (Lipinski definition) is 0. The molecule has 0 N–H and O–H groups in total. The molecule has 1 aliphatic rings. The average Bonchev–Trinajstić information content (AvgIpc) is 2.93. The highest BCUT2D eigenvalue weighted by Crippen LogP contribution is 2.16. The van der Waals surface area contributed by atoms with Crippen molar-refractivity contribution < 1.29 is 9.26 Å². The van der Waals surface area contributed by atoms with E-state index in [1.54, 1.807) is 0 Å². The van der Waals surface area contributed by atoms with Crippen molar-refractivity contribution in [3.05, 3.63) is 36.2 Å². The SMILES string of the molecule is CC1CCOCCN1CCCc1nc(-c2ccccc2)no1. The smallest absolute Gasteiger partial charge is 0.227 e. The summed E-state index contributed by atoms with van der Waals surface area (Å²) in [7, 11) is 0. The minimum Gasteiger partial charge on any atom is -0.380 e. The number of benzene rings is 1. The third kappa shape index (κ3) is 3.93. The summed E-state index contributed by atoms with van der Waals surface area (Å²) in [5.74, 6) is 1.39. The van der Waals surface area contributed by atoms with Gasteiger partial charge in [-0.15, -0.1) is 0 Å². The first-order valence-corrected chi connectivity index (χ1v) is 8.03. The molecule has 2 heterocycles. The molecule has 2 aromatic rings. The van der Waals surface area contributed by atoms with Crippen molar-refractivity contribution in [2.24, 2.45) is 0 Å². The average molecular weight is 301 g/mol. The van der Waals surface area contributed by atoms with Crippen molar-refractivity contribution >= 4 is 0 Å². The lowest BCUT2D eigenvalue weighted by molar-refractivity contribution is 0.140. The van der Waals surface area contributed by atoms with Crippen LogP contribution in [0.1, 0.15) is 25.7 Å². The maximum atomic E-state index is 5.53. The quantitative estimate of drug-likeness (QED) is 0.850. The first-order chi connectivity index (χ1) is 10.8. The first kappa shape index (κ1) is 15.2. The standard InChI is InChI=1S/C17H23N3O2/c1-14-9-12-21-13-11-20(14)10-5-8-16-18-17(19-22-16)15-6-3-2-4-7-15/h2-4,6-7,14H,5,8-13H2,1H3. The Kier molecular flexibility index (Phi) is 5.19. The van der Waals surface area contributed by atoms with E-state index in [1.807, 2.05) is 30.3 Å². The molecule has 0 spiro atoms. The Labute approximate surface area is 131 Å². The molecule has 1 fully saturated rings. The van der Waals surface area contributed by atoms with Crippen LogP contribution in [0, 0.1) is 0 Å². The topological polar surface area (TPSA) is 51.4 Å². The van der Waals surface area contributed by atoms with Gasteiger partial charge in [0.15, 0.2) is 0 Å². The van der Waals surface area contributed by atoms with E-state index in [-0.39, 0.29) is 0 Å². The maximum Gasteiger partial charge on any atom is 0.227 e. The van der Waals surface area contributed by atoms with Crippen molar-refractivity contribution in [3.8, 4) is 11.4 Å². The predicted octanol–water partition coefficient (Wildman–Crippen LogP) is 2.78. The van der Waals surface area contributed by atoms with Crippen LogP contribution in [-0.4, -0.2) is 47.4 Å². The Morgan fingerprint density at radius 1 is 1.23 bits per heavy atom. The largest absolute Gasteiger partial charge is 0.380 e. The maximum absolute atomic E-state index is 5.53. The van der Waals surface area contributed by atoms with Crippen LogP contribution in [0.15, 0.2) is 34.9 Å². The minimum atomic E-state index is 0.588. The van der Waals surface area contributed by atoms with Crippen LogP contribution in [0.25, 0.3) is 11.4 Å². The van der Waals surface area contributed by atoms with E-state index in [2.05, 4.69) is 22.0 Å². The normalized spacial score (nSPS) is 20.0. The molecule has 0 saturated carbocycles. The molecule has 1 unspecified atom stereocenters. The molecular formula is C17H23N3O2. The van der Waals surface area contributed by atoms with Crippen LogP contribution in [0.2, 0.25) is 0 Å². The van der Waals surface area contributed by atoms with Gasteiger partial charge >= 0.3 is 0 Å². The summed E-state index contributed by atoms with van der Waals surface area (Å²) in [5, 5.41) is 4.06. The molecule has 0 radical (unpaired) electrons. The van der Waals surface area contributed by atoms with Crippen molar-refractivity contribution in [2.75, 3.05) is 26.3 Å². The Hall–Kier alpha value is -1.72. The number of aryl methyl sites for hydroxylation is 1. The number of aromatic nitrogens is 2. The second kappa shape index (κ2) is 7.51. The Balaban J connectivity index is 1.51. The molecule has 1 aromatic carbocycles. The van der Waals surface area contributed by atoms with Gasteiger partial charge in [0.1, 0.15) is 0 Å². The predicted molar refractivity (Wildman–Crippen MR) is 84.5 cm³/mol. The third-order valence-electron chi connectivity index (χ3n) is 4.16.